The molecule has 0 bridgehead atoms. The summed E-state index contributed by atoms with van der Waals surface area (Å²) >= 11 is 0. The topological polar surface area (TPSA) is 45.2 Å². The zero-order valence-electron chi connectivity index (χ0n) is 8.86. The van der Waals surface area contributed by atoms with E-state index in [-0.39, 0.29) is 6.03 Å². The highest BCUT2D eigenvalue weighted by Gasteiger charge is 2.17. The average molecular weight is 205 g/mol. The fourth-order valence-corrected chi connectivity index (χ4v) is 1.71. The summed E-state index contributed by atoms with van der Waals surface area (Å²) in [5.41, 5.74) is 2.30. The fraction of sp³-hybridized carbons (Fsp3) is 0.455. The molecule has 1 N–H and O–H groups in total. The van der Waals surface area contributed by atoms with E-state index in [1.807, 2.05) is 24.1 Å². The summed E-state index contributed by atoms with van der Waals surface area (Å²) in [5, 5.41) is 2.84. The molecule has 2 rings (SSSR count). The first-order chi connectivity index (χ1) is 7.27. The van der Waals surface area contributed by atoms with Gasteiger partial charge in [-0.15, -0.1) is 0 Å². The van der Waals surface area contributed by atoms with Crippen LogP contribution in [0.1, 0.15) is 17.5 Å². The molecule has 4 heteroatoms. The van der Waals surface area contributed by atoms with E-state index < -0.39 is 0 Å². The number of hydrogen-bond acceptors (Lipinski definition) is 2. The number of carbonyl (C=O) groups excluding carboxylic acids is 1. The number of amides is 2. The number of carbonyl (C=O) groups is 1. The molecule has 0 saturated carbocycles. The van der Waals surface area contributed by atoms with Gasteiger partial charge in [0.25, 0.3) is 0 Å². The van der Waals surface area contributed by atoms with Crippen LogP contribution in [0, 0.1) is 6.92 Å². The van der Waals surface area contributed by atoms with Crippen LogP contribution in [0.3, 0.4) is 0 Å². The van der Waals surface area contributed by atoms with E-state index in [9.17, 15) is 4.79 Å². The number of urea groups is 1. The Morgan fingerprint density at radius 3 is 3.20 bits per heavy atom. The van der Waals surface area contributed by atoms with E-state index in [0.29, 0.717) is 6.54 Å². The van der Waals surface area contributed by atoms with Crippen LogP contribution in [0.2, 0.25) is 0 Å². The van der Waals surface area contributed by atoms with Gasteiger partial charge >= 0.3 is 6.03 Å². The lowest BCUT2D eigenvalue weighted by Crippen LogP contribution is -2.45. The molecule has 0 aliphatic carbocycles. The third-order valence-electron chi connectivity index (χ3n) is 2.67. The SMILES string of the molecule is Cc1cnccc1CN1CCCNC1=O. The fourth-order valence-electron chi connectivity index (χ4n) is 1.71. The molecule has 1 aliphatic rings. The first-order valence-corrected chi connectivity index (χ1v) is 5.19. The van der Waals surface area contributed by atoms with Crippen molar-refractivity contribution >= 4 is 6.03 Å². The van der Waals surface area contributed by atoms with Crippen LogP contribution in [0.25, 0.3) is 0 Å². The van der Waals surface area contributed by atoms with Crippen LogP contribution in [-0.4, -0.2) is 29.0 Å². The minimum atomic E-state index is 0.0393. The minimum Gasteiger partial charge on any atom is -0.338 e. The van der Waals surface area contributed by atoms with Gasteiger partial charge in [0, 0.05) is 32.0 Å². The summed E-state index contributed by atoms with van der Waals surface area (Å²) in [6, 6.07) is 2.01. The van der Waals surface area contributed by atoms with Crippen molar-refractivity contribution in [3.05, 3.63) is 29.6 Å². The first kappa shape index (κ1) is 9.96. The number of pyridine rings is 1. The Morgan fingerprint density at radius 1 is 1.60 bits per heavy atom. The maximum Gasteiger partial charge on any atom is 0.317 e. The van der Waals surface area contributed by atoms with Crippen LogP contribution >= 0.6 is 0 Å². The highest BCUT2D eigenvalue weighted by atomic mass is 16.2. The van der Waals surface area contributed by atoms with Gasteiger partial charge in [-0.25, -0.2) is 4.79 Å². The van der Waals surface area contributed by atoms with E-state index in [4.69, 9.17) is 0 Å². The summed E-state index contributed by atoms with van der Waals surface area (Å²) in [6.45, 7) is 4.34. The summed E-state index contributed by atoms with van der Waals surface area (Å²) in [6.07, 6.45) is 4.62. The number of aromatic nitrogens is 1. The Balaban J connectivity index is 2.08. The van der Waals surface area contributed by atoms with Gasteiger partial charge in [0.05, 0.1) is 0 Å². The molecule has 0 aromatic carbocycles. The summed E-state index contributed by atoms with van der Waals surface area (Å²) in [7, 11) is 0. The Bertz CT molecular complexity index is 365. The molecule has 15 heavy (non-hydrogen) atoms. The number of hydrogen-bond donors (Lipinski definition) is 1. The maximum atomic E-state index is 11.5. The summed E-state index contributed by atoms with van der Waals surface area (Å²) < 4.78 is 0. The molecule has 2 amide bonds. The second-order valence-corrected chi connectivity index (χ2v) is 3.81. The molecule has 0 atom stereocenters. The quantitative estimate of drug-likeness (QED) is 0.791. The van der Waals surface area contributed by atoms with E-state index in [2.05, 4.69) is 10.3 Å². The largest absolute Gasteiger partial charge is 0.338 e. The lowest BCUT2D eigenvalue weighted by atomic mass is 10.1. The normalized spacial score (nSPS) is 16.3. The van der Waals surface area contributed by atoms with Crippen molar-refractivity contribution < 1.29 is 4.79 Å². The van der Waals surface area contributed by atoms with Crippen molar-refractivity contribution in [2.45, 2.75) is 19.9 Å². The van der Waals surface area contributed by atoms with Gasteiger partial charge in [0.15, 0.2) is 0 Å². The van der Waals surface area contributed by atoms with Crippen molar-refractivity contribution in [1.29, 1.82) is 0 Å². The van der Waals surface area contributed by atoms with Gasteiger partial charge in [-0.05, 0) is 30.5 Å². The third-order valence-corrected chi connectivity index (χ3v) is 2.67. The second kappa shape index (κ2) is 4.29. The van der Waals surface area contributed by atoms with Crippen molar-refractivity contribution in [2.24, 2.45) is 0 Å². The lowest BCUT2D eigenvalue weighted by Gasteiger charge is -2.27. The number of aryl methyl sites for hydroxylation is 1. The Kier molecular flexibility index (Phi) is 2.85. The minimum absolute atomic E-state index is 0.0393. The molecule has 0 spiro atoms. The molecular formula is C11H15N3O. The number of nitrogens with one attached hydrogen (secondary N) is 1. The molecule has 2 heterocycles. The summed E-state index contributed by atoms with van der Waals surface area (Å²) in [5.74, 6) is 0. The van der Waals surface area contributed by atoms with E-state index in [1.54, 1.807) is 6.20 Å². The van der Waals surface area contributed by atoms with Crippen LogP contribution in [0.5, 0.6) is 0 Å². The lowest BCUT2D eigenvalue weighted by molar-refractivity contribution is 0.183. The van der Waals surface area contributed by atoms with Crippen LogP contribution < -0.4 is 5.32 Å². The first-order valence-electron chi connectivity index (χ1n) is 5.19. The zero-order valence-corrected chi connectivity index (χ0v) is 8.86. The molecule has 0 radical (unpaired) electrons. The predicted octanol–water partition coefficient (Wildman–Crippen LogP) is 1.31. The maximum absolute atomic E-state index is 11.5. The molecule has 1 fully saturated rings. The molecule has 1 aliphatic heterocycles. The zero-order chi connectivity index (χ0) is 10.7. The molecule has 4 nitrogen and oxygen atoms in total. The average Bonchev–Trinajstić information content (AvgIpc) is 2.24. The van der Waals surface area contributed by atoms with Gasteiger partial charge in [0.1, 0.15) is 0 Å². The van der Waals surface area contributed by atoms with E-state index >= 15 is 0 Å². The Hall–Kier alpha value is -1.58. The van der Waals surface area contributed by atoms with Crippen molar-refractivity contribution in [2.75, 3.05) is 13.1 Å². The highest BCUT2D eigenvalue weighted by molar-refractivity contribution is 5.74. The van der Waals surface area contributed by atoms with Crippen molar-refractivity contribution in [3.63, 3.8) is 0 Å². The van der Waals surface area contributed by atoms with Gasteiger partial charge in [-0.2, -0.15) is 0 Å². The van der Waals surface area contributed by atoms with Gasteiger partial charge in [-0.1, -0.05) is 0 Å². The van der Waals surface area contributed by atoms with Crippen molar-refractivity contribution in [3.8, 4) is 0 Å². The predicted molar refractivity (Wildman–Crippen MR) is 57.4 cm³/mol. The smallest absolute Gasteiger partial charge is 0.317 e. The van der Waals surface area contributed by atoms with E-state index in [1.165, 1.54) is 5.56 Å². The van der Waals surface area contributed by atoms with E-state index in [0.717, 1.165) is 25.1 Å². The molecule has 1 saturated heterocycles. The Morgan fingerprint density at radius 2 is 2.47 bits per heavy atom. The molecule has 80 valence electrons. The molecular weight excluding hydrogens is 190 g/mol. The second-order valence-electron chi connectivity index (χ2n) is 3.81. The van der Waals surface area contributed by atoms with Gasteiger partial charge in [-0.3, -0.25) is 4.98 Å². The highest BCUT2D eigenvalue weighted by Crippen LogP contribution is 2.10. The van der Waals surface area contributed by atoms with Crippen LogP contribution in [-0.2, 0) is 6.54 Å². The molecule has 1 aromatic heterocycles. The van der Waals surface area contributed by atoms with Crippen LogP contribution in [0.15, 0.2) is 18.5 Å². The monoisotopic (exact) mass is 205 g/mol. The standard InChI is InChI=1S/C11H15N3O/c1-9-7-12-5-3-10(9)8-14-6-2-4-13-11(14)15/h3,5,7H,2,4,6,8H2,1H3,(H,13,15). The number of rotatable bonds is 2. The number of nitrogens with zero attached hydrogens (tertiary/aromatic N) is 2. The third kappa shape index (κ3) is 2.26. The Labute approximate surface area is 89.3 Å². The molecule has 1 aromatic rings. The van der Waals surface area contributed by atoms with Crippen LogP contribution in [0.4, 0.5) is 4.79 Å². The van der Waals surface area contributed by atoms with Crippen molar-refractivity contribution in [1.82, 2.24) is 15.2 Å². The van der Waals surface area contributed by atoms with Gasteiger partial charge < -0.3 is 10.2 Å². The summed E-state index contributed by atoms with van der Waals surface area (Å²) in [4.78, 5) is 17.4. The molecule has 0 unspecified atom stereocenters. The van der Waals surface area contributed by atoms with Gasteiger partial charge in [0.2, 0.25) is 0 Å².